The standard InChI is InChI=1S/C20H26O4/c1-11(2)8-17(22)24-19-18-12(3)10-23-16(18)9-14-15(21)7-6-13(4)20(14,19)5/h8,10,13-14,19H,6-7,9H2,1-5H3/t13-,14-,19+,20+/m0/s1. The molecule has 0 N–H and O–H groups in total. The molecular formula is C20H26O4. The van der Waals surface area contributed by atoms with Crippen LogP contribution in [-0.2, 0) is 20.7 Å². The zero-order chi connectivity index (χ0) is 17.6. The van der Waals surface area contributed by atoms with Gasteiger partial charge in [-0.3, -0.25) is 4.79 Å². The topological polar surface area (TPSA) is 56.5 Å². The van der Waals surface area contributed by atoms with E-state index >= 15 is 0 Å². The summed E-state index contributed by atoms with van der Waals surface area (Å²) in [5, 5.41) is 0. The second-order valence-corrected chi connectivity index (χ2v) is 7.82. The number of rotatable bonds is 2. The van der Waals surface area contributed by atoms with Crippen molar-refractivity contribution in [3.8, 4) is 0 Å². The third kappa shape index (κ3) is 2.52. The fourth-order valence-electron chi connectivity index (χ4n) is 4.39. The smallest absolute Gasteiger partial charge is 0.331 e. The highest BCUT2D eigenvalue weighted by Crippen LogP contribution is 2.58. The maximum Gasteiger partial charge on any atom is 0.331 e. The van der Waals surface area contributed by atoms with Gasteiger partial charge >= 0.3 is 5.97 Å². The van der Waals surface area contributed by atoms with Crippen molar-refractivity contribution < 1.29 is 18.7 Å². The molecule has 0 spiro atoms. The van der Waals surface area contributed by atoms with Crippen LogP contribution in [0.25, 0.3) is 0 Å². The number of ketones is 1. The van der Waals surface area contributed by atoms with E-state index in [2.05, 4.69) is 13.8 Å². The summed E-state index contributed by atoms with van der Waals surface area (Å²) in [6.45, 7) is 9.99. The number of fused-ring (bicyclic) bond motifs is 2. The highest BCUT2D eigenvalue weighted by Gasteiger charge is 2.57. The molecule has 1 fully saturated rings. The van der Waals surface area contributed by atoms with E-state index in [9.17, 15) is 9.59 Å². The third-order valence-corrected chi connectivity index (χ3v) is 5.99. The van der Waals surface area contributed by atoms with E-state index in [4.69, 9.17) is 9.15 Å². The Morgan fingerprint density at radius 3 is 2.79 bits per heavy atom. The molecule has 4 nitrogen and oxygen atoms in total. The zero-order valence-electron chi connectivity index (χ0n) is 15.1. The molecule has 2 aliphatic carbocycles. The third-order valence-electron chi connectivity index (χ3n) is 5.99. The summed E-state index contributed by atoms with van der Waals surface area (Å²) in [4.78, 5) is 25.0. The lowest BCUT2D eigenvalue weighted by Crippen LogP contribution is -2.51. The minimum absolute atomic E-state index is 0.149. The molecule has 1 aromatic rings. The fourth-order valence-corrected chi connectivity index (χ4v) is 4.39. The van der Waals surface area contributed by atoms with Crippen molar-refractivity contribution in [3.05, 3.63) is 34.8 Å². The van der Waals surface area contributed by atoms with Crippen molar-refractivity contribution in [2.45, 2.75) is 60.0 Å². The van der Waals surface area contributed by atoms with Gasteiger partial charge in [0, 0.05) is 35.8 Å². The monoisotopic (exact) mass is 330 g/mol. The highest BCUT2D eigenvalue weighted by atomic mass is 16.5. The van der Waals surface area contributed by atoms with Crippen molar-refractivity contribution in [1.29, 1.82) is 0 Å². The van der Waals surface area contributed by atoms with Crippen LogP contribution in [0.15, 0.2) is 22.3 Å². The lowest BCUT2D eigenvalue weighted by Gasteiger charge is -2.51. The van der Waals surface area contributed by atoms with Crippen LogP contribution < -0.4 is 0 Å². The van der Waals surface area contributed by atoms with Crippen molar-refractivity contribution in [3.63, 3.8) is 0 Å². The van der Waals surface area contributed by atoms with Crippen molar-refractivity contribution in [2.75, 3.05) is 0 Å². The molecule has 1 saturated carbocycles. The van der Waals surface area contributed by atoms with Crippen molar-refractivity contribution >= 4 is 11.8 Å². The Morgan fingerprint density at radius 1 is 1.42 bits per heavy atom. The first-order chi connectivity index (χ1) is 11.2. The average Bonchev–Trinajstić information content (AvgIpc) is 2.85. The number of carbonyl (C=O) groups is 2. The molecule has 1 heterocycles. The molecule has 4 atom stereocenters. The molecule has 0 bridgehead atoms. The van der Waals surface area contributed by atoms with Crippen LogP contribution in [0.4, 0.5) is 0 Å². The van der Waals surface area contributed by atoms with Gasteiger partial charge < -0.3 is 9.15 Å². The van der Waals surface area contributed by atoms with Gasteiger partial charge in [0.05, 0.1) is 6.26 Å². The minimum Gasteiger partial charge on any atom is -0.469 e. The molecule has 24 heavy (non-hydrogen) atoms. The molecule has 3 rings (SSSR count). The quantitative estimate of drug-likeness (QED) is 0.599. The molecular weight excluding hydrogens is 304 g/mol. The Balaban J connectivity index is 2.09. The predicted molar refractivity (Wildman–Crippen MR) is 90.4 cm³/mol. The van der Waals surface area contributed by atoms with Gasteiger partial charge in [-0.25, -0.2) is 4.79 Å². The van der Waals surface area contributed by atoms with E-state index in [-0.39, 0.29) is 23.1 Å². The number of carbonyl (C=O) groups excluding carboxylic acids is 2. The van der Waals surface area contributed by atoms with Crippen LogP contribution >= 0.6 is 0 Å². The average molecular weight is 330 g/mol. The van der Waals surface area contributed by atoms with E-state index in [1.807, 2.05) is 20.8 Å². The predicted octanol–water partition coefficient (Wildman–Crippen LogP) is 4.32. The Morgan fingerprint density at radius 2 is 2.12 bits per heavy atom. The summed E-state index contributed by atoms with van der Waals surface area (Å²) in [5.74, 6) is 0.862. The Hall–Kier alpha value is -1.84. The summed E-state index contributed by atoms with van der Waals surface area (Å²) in [7, 11) is 0. The van der Waals surface area contributed by atoms with Crippen LogP contribution in [0.3, 0.4) is 0 Å². The number of hydrogen-bond donors (Lipinski definition) is 0. The van der Waals surface area contributed by atoms with Gasteiger partial charge in [0.15, 0.2) is 0 Å². The van der Waals surface area contributed by atoms with Crippen LogP contribution in [0.5, 0.6) is 0 Å². The lowest BCUT2D eigenvalue weighted by molar-refractivity contribution is -0.168. The van der Waals surface area contributed by atoms with Gasteiger partial charge in [-0.15, -0.1) is 0 Å². The van der Waals surface area contributed by atoms with Crippen LogP contribution in [0, 0.1) is 24.2 Å². The molecule has 0 aliphatic heterocycles. The fraction of sp³-hybridized carbons (Fsp3) is 0.600. The van der Waals surface area contributed by atoms with Crippen LogP contribution in [0.2, 0.25) is 0 Å². The molecule has 0 saturated heterocycles. The summed E-state index contributed by atoms with van der Waals surface area (Å²) in [6.07, 6.45) is 4.84. The Bertz CT molecular complexity index is 707. The molecule has 2 aliphatic rings. The van der Waals surface area contributed by atoms with Crippen LogP contribution in [-0.4, -0.2) is 11.8 Å². The minimum atomic E-state index is -0.438. The van der Waals surface area contributed by atoms with Crippen LogP contribution in [0.1, 0.15) is 63.5 Å². The lowest BCUT2D eigenvalue weighted by atomic mass is 9.54. The molecule has 1 aromatic heterocycles. The number of Topliss-reactive ketones (excluding diaryl/α,β-unsaturated/α-hetero) is 1. The first kappa shape index (κ1) is 17.0. The zero-order valence-corrected chi connectivity index (χ0v) is 15.1. The number of furan rings is 1. The van der Waals surface area contributed by atoms with E-state index < -0.39 is 6.10 Å². The second-order valence-electron chi connectivity index (χ2n) is 7.82. The Labute approximate surface area is 143 Å². The van der Waals surface area contributed by atoms with E-state index in [1.54, 1.807) is 6.26 Å². The van der Waals surface area contributed by atoms with Crippen molar-refractivity contribution in [1.82, 2.24) is 0 Å². The molecule has 0 radical (unpaired) electrons. The summed E-state index contributed by atoms with van der Waals surface area (Å²) in [6, 6.07) is 0. The van der Waals surface area contributed by atoms with E-state index in [1.165, 1.54) is 6.08 Å². The number of allylic oxidation sites excluding steroid dienone is 1. The second kappa shape index (κ2) is 5.91. The maximum atomic E-state index is 12.6. The maximum absolute atomic E-state index is 12.6. The van der Waals surface area contributed by atoms with Crippen molar-refractivity contribution in [2.24, 2.45) is 17.3 Å². The van der Waals surface area contributed by atoms with E-state index in [0.29, 0.717) is 18.8 Å². The van der Waals surface area contributed by atoms with Gasteiger partial charge in [0.25, 0.3) is 0 Å². The number of esters is 1. The van der Waals surface area contributed by atoms with Gasteiger partial charge in [-0.05, 0) is 38.7 Å². The summed E-state index contributed by atoms with van der Waals surface area (Å²) in [5.41, 5.74) is 2.47. The largest absolute Gasteiger partial charge is 0.469 e. The number of aryl methyl sites for hydroxylation is 1. The van der Waals surface area contributed by atoms with Gasteiger partial charge in [-0.1, -0.05) is 19.4 Å². The molecule has 130 valence electrons. The first-order valence-electron chi connectivity index (χ1n) is 8.70. The normalized spacial score (nSPS) is 31.9. The first-order valence-corrected chi connectivity index (χ1v) is 8.70. The van der Waals surface area contributed by atoms with Gasteiger partial charge in [0.2, 0.25) is 0 Å². The SMILES string of the molecule is CC(C)=CC(=O)O[C@@H]1c2c(C)coc2C[C@H]2C(=O)CC[C@H](C)[C@@]12C. The Kier molecular flexibility index (Phi) is 4.18. The molecule has 0 unspecified atom stereocenters. The highest BCUT2D eigenvalue weighted by molar-refractivity contribution is 5.85. The number of hydrogen-bond acceptors (Lipinski definition) is 4. The van der Waals surface area contributed by atoms with Gasteiger partial charge in [-0.2, -0.15) is 0 Å². The molecule has 0 amide bonds. The molecule has 0 aromatic carbocycles. The van der Waals surface area contributed by atoms with Gasteiger partial charge in [0.1, 0.15) is 17.6 Å². The number of ether oxygens (including phenoxy) is 1. The van der Waals surface area contributed by atoms with E-state index in [0.717, 1.165) is 28.9 Å². The molecule has 4 heteroatoms. The summed E-state index contributed by atoms with van der Waals surface area (Å²) >= 11 is 0. The summed E-state index contributed by atoms with van der Waals surface area (Å²) < 4.78 is 11.6.